The van der Waals surface area contributed by atoms with E-state index in [-0.39, 0.29) is 17.7 Å². The van der Waals surface area contributed by atoms with Gasteiger partial charge in [0.1, 0.15) is 0 Å². The predicted octanol–water partition coefficient (Wildman–Crippen LogP) is 3.75. The standard InChI is InChI=1S/C17H25NO4/c1-5-6-12-21-18(15(19)13-17(2,3)4)22-16(20)14-10-8-7-9-11-14/h7-11H,5-6,12-13H2,1-4H3. The molecule has 0 aliphatic heterocycles. The summed E-state index contributed by atoms with van der Waals surface area (Å²) in [5.41, 5.74) is 0.151. The van der Waals surface area contributed by atoms with Crippen LogP contribution < -0.4 is 0 Å². The van der Waals surface area contributed by atoms with Crippen molar-refractivity contribution in [3.63, 3.8) is 0 Å². The van der Waals surface area contributed by atoms with Crippen LogP contribution in [0.1, 0.15) is 57.3 Å². The van der Waals surface area contributed by atoms with E-state index in [2.05, 4.69) is 0 Å². The summed E-state index contributed by atoms with van der Waals surface area (Å²) in [5, 5.41) is 0.732. The third-order valence-electron chi connectivity index (χ3n) is 2.77. The molecule has 1 rings (SSSR count). The van der Waals surface area contributed by atoms with Gasteiger partial charge in [-0.25, -0.2) is 9.63 Å². The molecule has 0 atom stereocenters. The van der Waals surface area contributed by atoms with E-state index in [0.717, 1.165) is 18.1 Å². The lowest BCUT2D eigenvalue weighted by Gasteiger charge is -2.24. The van der Waals surface area contributed by atoms with Crippen LogP contribution in [0.5, 0.6) is 0 Å². The van der Waals surface area contributed by atoms with Crippen LogP contribution in [0, 0.1) is 5.41 Å². The minimum absolute atomic E-state index is 0.220. The van der Waals surface area contributed by atoms with E-state index < -0.39 is 5.97 Å². The Labute approximate surface area is 132 Å². The third-order valence-corrected chi connectivity index (χ3v) is 2.77. The number of hydrogen-bond acceptors (Lipinski definition) is 4. The van der Waals surface area contributed by atoms with E-state index in [1.54, 1.807) is 30.3 Å². The lowest BCUT2D eigenvalue weighted by molar-refractivity contribution is -0.312. The summed E-state index contributed by atoms with van der Waals surface area (Å²) in [5.74, 6) is -0.979. The molecule has 0 bridgehead atoms. The highest BCUT2D eigenvalue weighted by Gasteiger charge is 2.25. The van der Waals surface area contributed by atoms with Crippen molar-refractivity contribution in [1.82, 2.24) is 5.23 Å². The maximum absolute atomic E-state index is 12.2. The van der Waals surface area contributed by atoms with Gasteiger partial charge in [0.2, 0.25) is 0 Å². The summed E-state index contributed by atoms with van der Waals surface area (Å²) in [6, 6.07) is 8.52. The molecule has 122 valence electrons. The molecule has 0 fully saturated rings. The molecule has 0 spiro atoms. The lowest BCUT2D eigenvalue weighted by atomic mass is 9.92. The fraction of sp³-hybridized carbons (Fsp3) is 0.529. The van der Waals surface area contributed by atoms with Gasteiger partial charge in [-0.3, -0.25) is 4.79 Å². The highest BCUT2D eigenvalue weighted by Crippen LogP contribution is 2.20. The Morgan fingerprint density at radius 3 is 2.32 bits per heavy atom. The fourth-order valence-electron chi connectivity index (χ4n) is 1.66. The summed E-state index contributed by atoms with van der Waals surface area (Å²) in [4.78, 5) is 34.7. The van der Waals surface area contributed by atoms with Crippen molar-refractivity contribution in [3.8, 4) is 0 Å². The number of hydroxylamine groups is 2. The first-order chi connectivity index (χ1) is 10.3. The molecule has 5 heteroatoms. The summed E-state index contributed by atoms with van der Waals surface area (Å²) in [6.07, 6.45) is 1.93. The quantitative estimate of drug-likeness (QED) is 0.593. The van der Waals surface area contributed by atoms with E-state index in [1.807, 2.05) is 27.7 Å². The van der Waals surface area contributed by atoms with Crippen molar-refractivity contribution in [2.75, 3.05) is 6.61 Å². The van der Waals surface area contributed by atoms with Crippen molar-refractivity contribution >= 4 is 11.9 Å². The zero-order chi connectivity index (χ0) is 16.6. The molecule has 0 N–H and O–H groups in total. The second kappa shape index (κ2) is 8.54. The molecule has 0 radical (unpaired) electrons. The Bertz CT molecular complexity index is 479. The normalized spacial score (nSPS) is 11.1. The Balaban J connectivity index is 2.72. The Kier molecular flexibility index (Phi) is 7.05. The van der Waals surface area contributed by atoms with E-state index in [9.17, 15) is 9.59 Å². The molecule has 0 saturated heterocycles. The first kappa shape index (κ1) is 18.2. The zero-order valence-electron chi connectivity index (χ0n) is 13.8. The van der Waals surface area contributed by atoms with Crippen molar-refractivity contribution in [3.05, 3.63) is 35.9 Å². The Morgan fingerprint density at radius 1 is 1.14 bits per heavy atom. The number of unbranched alkanes of at least 4 members (excludes halogenated alkanes) is 1. The summed E-state index contributed by atoms with van der Waals surface area (Å²) < 4.78 is 0. The van der Waals surface area contributed by atoms with Crippen LogP contribution >= 0.6 is 0 Å². The number of rotatable bonds is 6. The maximum Gasteiger partial charge on any atom is 0.366 e. The SMILES string of the molecule is CCCCON(OC(=O)c1ccccc1)C(=O)CC(C)(C)C. The monoisotopic (exact) mass is 307 g/mol. The molecule has 1 aromatic rings. The second-order valence-corrected chi connectivity index (χ2v) is 6.32. The minimum Gasteiger partial charge on any atom is -0.307 e. The third kappa shape index (κ3) is 6.72. The highest BCUT2D eigenvalue weighted by atomic mass is 17.0. The van der Waals surface area contributed by atoms with Gasteiger partial charge in [-0.2, -0.15) is 0 Å². The smallest absolute Gasteiger partial charge is 0.307 e. The van der Waals surface area contributed by atoms with Crippen LogP contribution in [-0.2, 0) is 14.5 Å². The molecule has 1 amide bonds. The predicted molar refractivity (Wildman–Crippen MR) is 83.6 cm³/mol. The molecule has 1 aromatic carbocycles. The fourth-order valence-corrected chi connectivity index (χ4v) is 1.66. The van der Waals surface area contributed by atoms with Gasteiger partial charge in [-0.15, -0.1) is 0 Å². The number of nitrogens with zero attached hydrogens (tertiary/aromatic N) is 1. The van der Waals surface area contributed by atoms with Crippen LogP contribution in [-0.4, -0.2) is 23.7 Å². The van der Waals surface area contributed by atoms with Gasteiger partial charge in [0.05, 0.1) is 12.2 Å². The number of benzene rings is 1. The second-order valence-electron chi connectivity index (χ2n) is 6.32. The number of carbonyl (C=O) groups is 2. The molecule has 0 aliphatic carbocycles. The van der Waals surface area contributed by atoms with Crippen LogP contribution in [0.3, 0.4) is 0 Å². The summed E-state index contributed by atoms with van der Waals surface area (Å²) in [6.45, 7) is 8.16. The highest BCUT2D eigenvalue weighted by molar-refractivity contribution is 5.90. The zero-order valence-corrected chi connectivity index (χ0v) is 13.8. The van der Waals surface area contributed by atoms with Crippen LogP contribution in [0.15, 0.2) is 30.3 Å². The largest absolute Gasteiger partial charge is 0.366 e. The first-order valence-electron chi connectivity index (χ1n) is 7.56. The van der Waals surface area contributed by atoms with Gasteiger partial charge in [-0.05, 0) is 29.2 Å². The van der Waals surface area contributed by atoms with Crippen LogP contribution in [0.2, 0.25) is 0 Å². The number of amides is 1. The molecule has 0 aliphatic rings. The van der Waals surface area contributed by atoms with Gasteiger partial charge in [-0.1, -0.05) is 52.3 Å². The average Bonchev–Trinajstić information content (AvgIpc) is 2.45. The van der Waals surface area contributed by atoms with Crippen molar-refractivity contribution < 1.29 is 19.3 Å². The molecular weight excluding hydrogens is 282 g/mol. The molecule has 0 unspecified atom stereocenters. The Hall–Kier alpha value is -1.88. The number of carbonyl (C=O) groups excluding carboxylic acids is 2. The molecular formula is C17H25NO4. The van der Waals surface area contributed by atoms with Crippen LogP contribution in [0.4, 0.5) is 0 Å². The van der Waals surface area contributed by atoms with Gasteiger partial charge in [0.25, 0.3) is 5.91 Å². The van der Waals surface area contributed by atoms with E-state index in [4.69, 9.17) is 9.68 Å². The van der Waals surface area contributed by atoms with Crippen LogP contribution in [0.25, 0.3) is 0 Å². The summed E-state index contributed by atoms with van der Waals surface area (Å²) >= 11 is 0. The molecule has 5 nitrogen and oxygen atoms in total. The van der Waals surface area contributed by atoms with Crippen molar-refractivity contribution in [2.45, 2.75) is 47.0 Å². The van der Waals surface area contributed by atoms with Crippen molar-refractivity contribution in [1.29, 1.82) is 0 Å². The maximum atomic E-state index is 12.2. The van der Waals surface area contributed by atoms with Gasteiger partial charge in [0, 0.05) is 6.42 Å². The van der Waals surface area contributed by atoms with E-state index in [1.165, 1.54) is 0 Å². The first-order valence-corrected chi connectivity index (χ1v) is 7.56. The molecule has 0 heterocycles. The lowest BCUT2D eigenvalue weighted by Crippen LogP contribution is -2.36. The van der Waals surface area contributed by atoms with E-state index in [0.29, 0.717) is 12.2 Å². The summed E-state index contributed by atoms with van der Waals surface area (Å²) in [7, 11) is 0. The average molecular weight is 307 g/mol. The molecule has 0 saturated carbocycles. The molecule has 0 aromatic heterocycles. The van der Waals surface area contributed by atoms with E-state index >= 15 is 0 Å². The molecule has 22 heavy (non-hydrogen) atoms. The van der Waals surface area contributed by atoms with Gasteiger partial charge in [0.15, 0.2) is 0 Å². The Morgan fingerprint density at radius 2 is 1.77 bits per heavy atom. The minimum atomic E-state index is -0.612. The van der Waals surface area contributed by atoms with Gasteiger partial charge < -0.3 is 4.84 Å². The number of hydrogen-bond donors (Lipinski definition) is 0. The topological polar surface area (TPSA) is 55.8 Å². The van der Waals surface area contributed by atoms with Gasteiger partial charge >= 0.3 is 5.97 Å². The van der Waals surface area contributed by atoms with Crippen molar-refractivity contribution in [2.24, 2.45) is 5.41 Å².